The minimum atomic E-state index is 0.510. The van der Waals surface area contributed by atoms with Gasteiger partial charge in [0.05, 0.1) is 5.03 Å². The van der Waals surface area contributed by atoms with E-state index in [9.17, 15) is 0 Å². The van der Waals surface area contributed by atoms with Gasteiger partial charge in [0.1, 0.15) is 11.4 Å². The van der Waals surface area contributed by atoms with Gasteiger partial charge in [-0.1, -0.05) is 72.3 Å². The number of hydrazine groups is 1. The molecule has 0 unspecified atom stereocenters. The Balaban J connectivity index is 2.10. The molecule has 1 heterocycles. The second-order valence-corrected chi connectivity index (χ2v) is 4.95. The summed E-state index contributed by atoms with van der Waals surface area (Å²) in [5, 5.41) is 4.72. The molecule has 0 spiro atoms. The van der Waals surface area contributed by atoms with Gasteiger partial charge in [-0.2, -0.15) is 9.63 Å². The Kier molecular flexibility index (Phi) is 3.63. The molecule has 2 aromatic carbocycles. The maximum absolute atomic E-state index is 6.50. The van der Waals surface area contributed by atoms with E-state index < -0.39 is 0 Å². The Hall–Kier alpha value is -1.97. The summed E-state index contributed by atoms with van der Waals surface area (Å²) in [7, 11) is 0. The highest BCUT2D eigenvalue weighted by molar-refractivity contribution is 6.50. The fourth-order valence-corrected chi connectivity index (χ4v) is 2.62. The maximum Gasteiger partial charge on any atom is 0.113 e. The van der Waals surface area contributed by atoms with Crippen LogP contribution in [0.1, 0.15) is 11.1 Å². The third-order valence-corrected chi connectivity index (χ3v) is 3.56. The summed E-state index contributed by atoms with van der Waals surface area (Å²) in [6, 6.07) is 19.4. The number of hydrogen-bond donors (Lipinski definition) is 1. The summed E-state index contributed by atoms with van der Waals surface area (Å²) >= 11 is 12.6. The van der Waals surface area contributed by atoms with Crippen molar-refractivity contribution in [2.75, 3.05) is 0 Å². The van der Waals surface area contributed by atoms with Crippen molar-refractivity contribution < 1.29 is 0 Å². The number of halogens is 2. The molecule has 0 atom stereocenters. The minimum absolute atomic E-state index is 0.510. The van der Waals surface area contributed by atoms with E-state index in [0.29, 0.717) is 16.4 Å². The van der Waals surface area contributed by atoms with E-state index in [1.165, 1.54) is 4.53 Å². The predicted octanol–water partition coefficient (Wildman–Crippen LogP) is 3.97. The van der Waals surface area contributed by atoms with Crippen LogP contribution < -0.4 is 5.53 Å². The second-order valence-electron chi connectivity index (χ2n) is 4.24. The van der Waals surface area contributed by atoms with E-state index in [0.717, 1.165) is 11.1 Å². The average Bonchev–Trinajstić information content (AvgIpc) is 2.49. The third kappa shape index (κ3) is 2.38. The highest BCUT2D eigenvalue weighted by atomic mass is 35.5. The van der Waals surface area contributed by atoms with Crippen molar-refractivity contribution in [3.8, 4) is 0 Å². The standard InChI is InChI=1S/C15H11Cl2N3/c16-13-14(11-7-3-1-4-8-11)18-19-20(17)15(13)12-9-5-2-6-10-12/h1-10,19H. The van der Waals surface area contributed by atoms with E-state index in [1.54, 1.807) is 0 Å². The van der Waals surface area contributed by atoms with Crippen LogP contribution in [-0.2, 0) is 0 Å². The quantitative estimate of drug-likeness (QED) is 0.850. The minimum Gasteiger partial charge on any atom is -0.203 e. The summed E-state index contributed by atoms with van der Waals surface area (Å²) in [6.45, 7) is 0. The lowest BCUT2D eigenvalue weighted by Crippen LogP contribution is -2.31. The number of benzene rings is 2. The van der Waals surface area contributed by atoms with Crippen LogP contribution in [0.15, 0.2) is 70.8 Å². The van der Waals surface area contributed by atoms with Crippen molar-refractivity contribution in [1.82, 2.24) is 10.1 Å². The van der Waals surface area contributed by atoms with E-state index in [2.05, 4.69) is 10.6 Å². The van der Waals surface area contributed by atoms with Crippen LogP contribution in [0.2, 0.25) is 0 Å². The first-order chi connectivity index (χ1) is 9.77. The second kappa shape index (κ2) is 5.57. The molecule has 0 aromatic heterocycles. The van der Waals surface area contributed by atoms with Gasteiger partial charge in [0.25, 0.3) is 0 Å². The predicted molar refractivity (Wildman–Crippen MR) is 83.0 cm³/mol. The fraction of sp³-hybridized carbons (Fsp3) is 0. The molecule has 0 bridgehead atoms. The summed E-state index contributed by atoms with van der Waals surface area (Å²) in [6.07, 6.45) is 0. The monoisotopic (exact) mass is 303 g/mol. The van der Waals surface area contributed by atoms with Crippen molar-refractivity contribution in [2.24, 2.45) is 5.10 Å². The van der Waals surface area contributed by atoms with E-state index >= 15 is 0 Å². The zero-order valence-corrected chi connectivity index (χ0v) is 11.9. The first-order valence-electron chi connectivity index (χ1n) is 6.07. The lowest BCUT2D eigenvalue weighted by atomic mass is 10.1. The zero-order chi connectivity index (χ0) is 13.9. The van der Waals surface area contributed by atoms with Crippen molar-refractivity contribution in [2.45, 2.75) is 0 Å². The van der Waals surface area contributed by atoms with Gasteiger partial charge in [-0.15, -0.1) is 0 Å². The molecule has 0 radical (unpaired) electrons. The van der Waals surface area contributed by atoms with Gasteiger partial charge < -0.3 is 0 Å². The van der Waals surface area contributed by atoms with Crippen molar-refractivity contribution >= 4 is 34.8 Å². The average molecular weight is 304 g/mol. The molecular formula is C15H11Cl2N3. The molecule has 20 heavy (non-hydrogen) atoms. The molecule has 0 amide bonds. The molecule has 1 aliphatic rings. The SMILES string of the molecule is ClC1=C(c2ccccc2)N(Cl)NN=C1c1ccccc1. The van der Waals surface area contributed by atoms with Crippen LogP contribution in [0.25, 0.3) is 5.70 Å². The van der Waals surface area contributed by atoms with Crippen LogP contribution in [0.4, 0.5) is 0 Å². The molecule has 0 fully saturated rings. The Morgan fingerprint density at radius 1 is 0.850 bits per heavy atom. The number of hydrogen-bond acceptors (Lipinski definition) is 3. The number of nitrogens with one attached hydrogen (secondary N) is 1. The Morgan fingerprint density at radius 2 is 1.40 bits per heavy atom. The summed E-state index contributed by atoms with van der Waals surface area (Å²) in [4.78, 5) is 0. The molecular weight excluding hydrogens is 293 g/mol. The topological polar surface area (TPSA) is 27.6 Å². The van der Waals surface area contributed by atoms with E-state index in [-0.39, 0.29) is 0 Å². The number of nitrogens with zero attached hydrogens (tertiary/aromatic N) is 2. The highest BCUT2D eigenvalue weighted by Crippen LogP contribution is 2.30. The van der Waals surface area contributed by atoms with Crippen LogP contribution in [0, 0.1) is 0 Å². The summed E-state index contributed by atoms with van der Waals surface area (Å²) in [5.41, 5.74) is 5.96. The van der Waals surface area contributed by atoms with Crippen LogP contribution in [0.3, 0.4) is 0 Å². The third-order valence-electron chi connectivity index (χ3n) is 2.96. The lowest BCUT2D eigenvalue weighted by molar-refractivity contribution is 0.469. The van der Waals surface area contributed by atoms with Crippen LogP contribution in [0.5, 0.6) is 0 Å². The molecule has 1 N–H and O–H groups in total. The van der Waals surface area contributed by atoms with Crippen molar-refractivity contribution in [1.29, 1.82) is 0 Å². The number of rotatable bonds is 2. The van der Waals surface area contributed by atoms with Crippen molar-refractivity contribution in [3.63, 3.8) is 0 Å². The van der Waals surface area contributed by atoms with E-state index in [4.69, 9.17) is 23.4 Å². The molecule has 1 aliphatic heterocycles. The number of hydrazone groups is 1. The zero-order valence-electron chi connectivity index (χ0n) is 10.4. The number of allylic oxidation sites excluding steroid dienone is 1. The first-order valence-corrected chi connectivity index (χ1v) is 6.79. The molecule has 0 saturated heterocycles. The lowest BCUT2D eigenvalue weighted by Gasteiger charge is -2.25. The van der Waals surface area contributed by atoms with Gasteiger partial charge in [-0.25, -0.2) is 5.53 Å². The van der Waals surface area contributed by atoms with Gasteiger partial charge >= 0.3 is 0 Å². The van der Waals surface area contributed by atoms with Gasteiger partial charge in [0, 0.05) is 22.9 Å². The normalized spacial score (nSPS) is 14.9. The molecule has 3 rings (SSSR count). The van der Waals surface area contributed by atoms with Crippen molar-refractivity contribution in [3.05, 3.63) is 76.8 Å². The Morgan fingerprint density at radius 3 is 2.00 bits per heavy atom. The highest BCUT2D eigenvalue weighted by Gasteiger charge is 2.23. The van der Waals surface area contributed by atoms with Gasteiger partial charge in [0.15, 0.2) is 0 Å². The largest absolute Gasteiger partial charge is 0.203 e. The Bertz CT molecular complexity index is 666. The molecule has 5 heteroatoms. The smallest absolute Gasteiger partial charge is 0.113 e. The summed E-state index contributed by atoms with van der Waals surface area (Å²) in [5.74, 6) is 0. The summed E-state index contributed by atoms with van der Waals surface area (Å²) < 4.78 is 1.30. The molecule has 0 aliphatic carbocycles. The van der Waals surface area contributed by atoms with Gasteiger partial charge in [0.2, 0.25) is 0 Å². The van der Waals surface area contributed by atoms with E-state index in [1.807, 2.05) is 60.7 Å². The van der Waals surface area contributed by atoms with Crippen LogP contribution >= 0.6 is 23.4 Å². The molecule has 100 valence electrons. The molecule has 2 aromatic rings. The van der Waals surface area contributed by atoms with Gasteiger partial charge in [-0.3, -0.25) is 0 Å². The van der Waals surface area contributed by atoms with Crippen LogP contribution in [-0.4, -0.2) is 10.2 Å². The fourth-order valence-electron chi connectivity index (χ4n) is 2.01. The molecule has 0 saturated carbocycles. The van der Waals surface area contributed by atoms with Gasteiger partial charge in [-0.05, 0) is 0 Å². The first kappa shape index (κ1) is 13.0. The maximum atomic E-state index is 6.50. The Labute approximate surface area is 127 Å². The molecule has 3 nitrogen and oxygen atoms in total.